The van der Waals surface area contributed by atoms with E-state index in [0.717, 1.165) is 0 Å². The summed E-state index contributed by atoms with van der Waals surface area (Å²) in [6.45, 7) is 1.91. The number of benzene rings is 1. The van der Waals surface area contributed by atoms with E-state index in [9.17, 15) is 8.42 Å². The Labute approximate surface area is 121 Å². The third-order valence-corrected chi connectivity index (χ3v) is 4.96. The fourth-order valence-electron chi connectivity index (χ4n) is 1.07. The van der Waals surface area contributed by atoms with Crippen LogP contribution in [0, 0.1) is 0 Å². The summed E-state index contributed by atoms with van der Waals surface area (Å²) in [6, 6.07) is 4.39. The number of rotatable bonds is 4. The van der Waals surface area contributed by atoms with Crippen LogP contribution in [0.4, 0.5) is 0 Å². The van der Waals surface area contributed by atoms with Crippen molar-refractivity contribution in [1.29, 1.82) is 0 Å². The molecular formula is C9H13BrCl2N2O2S. The van der Waals surface area contributed by atoms with Crippen molar-refractivity contribution in [2.75, 3.05) is 6.54 Å². The van der Waals surface area contributed by atoms with Gasteiger partial charge < -0.3 is 5.73 Å². The van der Waals surface area contributed by atoms with E-state index in [1.54, 1.807) is 19.1 Å². The first-order chi connectivity index (χ1) is 7.38. The van der Waals surface area contributed by atoms with E-state index in [-0.39, 0.29) is 34.9 Å². The van der Waals surface area contributed by atoms with Crippen LogP contribution in [0.1, 0.15) is 6.92 Å². The molecule has 98 valence electrons. The van der Waals surface area contributed by atoms with E-state index in [2.05, 4.69) is 20.7 Å². The van der Waals surface area contributed by atoms with Gasteiger partial charge in [-0.1, -0.05) is 17.7 Å². The van der Waals surface area contributed by atoms with Gasteiger partial charge in [-0.15, -0.1) is 12.4 Å². The van der Waals surface area contributed by atoms with Crippen molar-refractivity contribution in [2.24, 2.45) is 5.73 Å². The maximum absolute atomic E-state index is 11.9. The predicted molar refractivity (Wildman–Crippen MR) is 75.2 cm³/mol. The molecule has 0 radical (unpaired) electrons. The molecule has 0 aliphatic rings. The first-order valence-corrected chi connectivity index (χ1v) is 7.20. The molecule has 1 aromatic rings. The van der Waals surface area contributed by atoms with Crippen molar-refractivity contribution >= 4 is 50.0 Å². The Hall–Kier alpha value is 0.150. The van der Waals surface area contributed by atoms with Crippen molar-refractivity contribution < 1.29 is 8.42 Å². The lowest BCUT2D eigenvalue weighted by atomic mass is 10.4. The molecule has 1 aromatic carbocycles. The second-order valence-electron chi connectivity index (χ2n) is 3.31. The molecule has 3 N–H and O–H groups in total. The molecule has 8 heteroatoms. The zero-order valence-electron chi connectivity index (χ0n) is 8.98. The Morgan fingerprint density at radius 3 is 2.65 bits per heavy atom. The molecule has 0 saturated heterocycles. The van der Waals surface area contributed by atoms with Gasteiger partial charge in [0.2, 0.25) is 10.0 Å². The third-order valence-electron chi connectivity index (χ3n) is 1.92. The van der Waals surface area contributed by atoms with Crippen molar-refractivity contribution in [2.45, 2.75) is 17.9 Å². The summed E-state index contributed by atoms with van der Waals surface area (Å²) in [6.07, 6.45) is 0. The summed E-state index contributed by atoms with van der Waals surface area (Å²) < 4.78 is 26.8. The summed E-state index contributed by atoms with van der Waals surface area (Å²) in [5.41, 5.74) is 5.36. The van der Waals surface area contributed by atoms with E-state index in [0.29, 0.717) is 4.47 Å². The number of halogens is 3. The molecule has 0 amide bonds. The molecule has 0 aromatic heterocycles. The van der Waals surface area contributed by atoms with Crippen LogP contribution in [0.2, 0.25) is 5.02 Å². The number of sulfonamides is 1. The highest BCUT2D eigenvalue weighted by Crippen LogP contribution is 2.29. The maximum atomic E-state index is 11.9. The fourth-order valence-corrected chi connectivity index (χ4v) is 3.35. The molecule has 0 saturated carbocycles. The molecule has 0 bridgehead atoms. The molecule has 0 aliphatic heterocycles. The quantitative estimate of drug-likeness (QED) is 0.860. The predicted octanol–water partition coefficient (Wildman–Crippen LogP) is 2.15. The average Bonchev–Trinajstić information content (AvgIpc) is 2.21. The summed E-state index contributed by atoms with van der Waals surface area (Å²) in [7, 11) is -3.62. The zero-order valence-corrected chi connectivity index (χ0v) is 13.0. The van der Waals surface area contributed by atoms with Gasteiger partial charge in [-0.05, 0) is 35.0 Å². The van der Waals surface area contributed by atoms with Crippen LogP contribution in [0.25, 0.3) is 0 Å². The SMILES string of the molecule is C[C@@H](CN)NS(=O)(=O)c1cccc(Br)c1Cl.Cl. The minimum absolute atomic E-state index is 0. The Kier molecular flexibility index (Phi) is 6.98. The Balaban J connectivity index is 0.00000256. The number of nitrogens with one attached hydrogen (secondary N) is 1. The molecule has 4 nitrogen and oxygen atoms in total. The Morgan fingerprint density at radius 2 is 2.12 bits per heavy atom. The van der Waals surface area contributed by atoms with Gasteiger partial charge in [0.1, 0.15) is 4.90 Å². The monoisotopic (exact) mass is 362 g/mol. The normalized spacial score (nSPS) is 12.9. The molecule has 0 fully saturated rings. The van der Waals surface area contributed by atoms with Crippen LogP contribution in [0.3, 0.4) is 0 Å². The number of hydrogen-bond donors (Lipinski definition) is 2. The fraction of sp³-hybridized carbons (Fsp3) is 0.333. The second kappa shape index (κ2) is 6.92. The molecule has 0 aliphatic carbocycles. The topological polar surface area (TPSA) is 72.2 Å². The summed E-state index contributed by atoms with van der Waals surface area (Å²) >= 11 is 9.08. The molecule has 1 rings (SSSR count). The molecule has 0 spiro atoms. The first-order valence-electron chi connectivity index (χ1n) is 4.55. The van der Waals surface area contributed by atoms with Crippen molar-refractivity contribution in [3.05, 3.63) is 27.7 Å². The van der Waals surface area contributed by atoms with Gasteiger partial charge in [0, 0.05) is 17.1 Å². The lowest BCUT2D eigenvalue weighted by Crippen LogP contribution is -2.37. The second-order valence-corrected chi connectivity index (χ2v) is 6.22. The number of hydrogen-bond acceptors (Lipinski definition) is 3. The molecule has 1 atom stereocenters. The summed E-state index contributed by atoms with van der Waals surface area (Å²) in [5, 5.41) is 0.166. The smallest absolute Gasteiger partial charge is 0.242 e. The maximum Gasteiger partial charge on any atom is 0.242 e. The molecule has 0 unspecified atom stereocenters. The van der Waals surface area contributed by atoms with E-state index in [1.807, 2.05) is 0 Å². The van der Waals surface area contributed by atoms with Crippen molar-refractivity contribution in [3.8, 4) is 0 Å². The van der Waals surface area contributed by atoms with Gasteiger partial charge in [-0.3, -0.25) is 0 Å². The van der Waals surface area contributed by atoms with E-state index in [4.69, 9.17) is 17.3 Å². The highest BCUT2D eigenvalue weighted by atomic mass is 79.9. The Bertz CT molecular complexity index is 482. The zero-order chi connectivity index (χ0) is 12.3. The lowest BCUT2D eigenvalue weighted by molar-refractivity contribution is 0.562. The summed E-state index contributed by atoms with van der Waals surface area (Å²) in [5.74, 6) is 0. The van der Waals surface area contributed by atoms with E-state index in [1.165, 1.54) is 6.07 Å². The molecule has 17 heavy (non-hydrogen) atoms. The van der Waals surface area contributed by atoms with E-state index >= 15 is 0 Å². The largest absolute Gasteiger partial charge is 0.329 e. The summed E-state index contributed by atoms with van der Waals surface area (Å²) in [4.78, 5) is 0.0452. The van der Waals surface area contributed by atoms with Crippen molar-refractivity contribution in [1.82, 2.24) is 4.72 Å². The number of nitrogens with two attached hydrogens (primary N) is 1. The molecule has 0 heterocycles. The van der Waals surface area contributed by atoms with Crippen LogP contribution in [0.15, 0.2) is 27.6 Å². The average molecular weight is 364 g/mol. The lowest BCUT2D eigenvalue weighted by Gasteiger charge is -2.13. The third kappa shape index (κ3) is 4.39. The van der Waals surface area contributed by atoms with Gasteiger partial charge >= 0.3 is 0 Å². The van der Waals surface area contributed by atoms with Crippen LogP contribution >= 0.6 is 39.9 Å². The van der Waals surface area contributed by atoms with Gasteiger partial charge in [0.15, 0.2) is 0 Å². The minimum atomic E-state index is -3.62. The van der Waals surface area contributed by atoms with Crippen LogP contribution in [-0.2, 0) is 10.0 Å². The first kappa shape index (κ1) is 17.2. The minimum Gasteiger partial charge on any atom is -0.329 e. The highest BCUT2D eigenvalue weighted by molar-refractivity contribution is 9.10. The Morgan fingerprint density at radius 1 is 1.53 bits per heavy atom. The van der Waals surface area contributed by atoms with E-state index < -0.39 is 10.0 Å². The van der Waals surface area contributed by atoms with Crippen LogP contribution in [0.5, 0.6) is 0 Å². The van der Waals surface area contributed by atoms with Crippen LogP contribution < -0.4 is 10.5 Å². The highest BCUT2D eigenvalue weighted by Gasteiger charge is 2.20. The molecular weight excluding hydrogens is 351 g/mol. The van der Waals surface area contributed by atoms with Gasteiger partial charge in [0.05, 0.1) is 5.02 Å². The van der Waals surface area contributed by atoms with Crippen molar-refractivity contribution in [3.63, 3.8) is 0 Å². The van der Waals surface area contributed by atoms with Gasteiger partial charge in [-0.2, -0.15) is 0 Å². The standard InChI is InChI=1S/C9H12BrClN2O2S.ClH/c1-6(5-12)13-16(14,15)8-4-2-3-7(10)9(8)11;/h2-4,6,13H,5,12H2,1H3;1H/t6-;/m0./s1. The van der Waals surface area contributed by atoms with Gasteiger partial charge in [0.25, 0.3) is 0 Å². The van der Waals surface area contributed by atoms with Crippen LogP contribution in [-0.4, -0.2) is 21.0 Å². The van der Waals surface area contributed by atoms with Gasteiger partial charge in [-0.25, -0.2) is 13.1 Å².